The number of benzene rings is 2. The van der Waals surface area contributed by atoms with Crippen molar-refractivity contribution in [2.24, 2.45) is 10.1 Å². The maximum atomic E-state index is 12.6. The van der Waals surface area contributed by atoms with Crippen LogP contribution in [-0.4, -0.2) is 33.8 Å². The van der Waals surface area contributed by atoms with Gasteiger partial charge in [-0.2, -0.15) is 18.3 Å². The normalized spacial score (nSPS) is 12.8. The van der Waals surface area contributed by atoms with Crippen molar-refractivity contribution in [2.75, 3.05) is 6.54 Å². The molecule has 3 aromatic rings. The number of aromatic nitrogens is 1. The van der Waals surface area contributed by atoms with Gasteiger partial charge in [0.2, 0.25) is 4.80 Å². The van der Waals surface area contributed by atoms with Gasteiger partial charge in [-0.1, -0.05) is 30.3 Å². The summed E-state index contributed by atoms with van der Waals surface area (Å²) in [5.74, 6) is -0.355. The van der Waals surface area contributed by atoms with Crippen LogP contribution in [0.25, 0.3) is 11.3 Å². The van der Waals surface area contributed by atoms with Crippen LogP contribution in [0.1, 0.15) is 5.56 Å². The molecule has 0 radical (unpaired) electrons. The minimum atomic E-state index is -4.44. The quantitative estimate of drug-likeness (QED) is 0.659. The van der Waals surface area contributed by atoms with Gasteiger partial charge in [-0.3, -0.25) is 0 Å². The molecule has 0 spiro atoms. The van der Waals surface area contributed by atoms with Crippen molar-refractivity contribution in [1.82, 2.24) is 4.68 Å². The van der Waals surface area contributed by atoms with Crippen LogP contribution in [-0.2, 0) is 0 Å². The lowest BCUT2D eigenvalue weighted by molar-refractivity contribution is -0.118. The molecule has 0 aliphatic carbocycles. The molecular weight excluding hydrogens is 379 g/mol. The molecule has 1 heterocycles. The second-order valence-corrected chi connectivity index (χ2v) is 6.34. The number of rotatable bonds is 4. The zero-order valence-electron chi connectivity index (χ0n) is 13.8. The lowest BCUT2D eigenvalue weighted by Crippen LogP contribution is -2.18. The Kier molecular flexibility index (Phi) is 5.31. The van der Waals surface area contributed by atoms with E-state index in [1.54, 1.807) is 29.6 Å². The monoisotopic (exact) mass is 393 g/mol. The zero-order chi connectivity index (χ0) is 19.4. The molecule has 0 aliphatic rings. The largest absolute Gasteiger partial charge is 0.508 e. The first-order valence-corrected chi connectivity index (χ1v) is 8.61. The summed E-state index contributed by atoms with van der Waals surface area (Å²) in [6.07, 6.45) is -2.95. The van der Waals surface area contributed by atoms with Gasteiger partial charge in [0.05, 0.1) is 11.9 Å². The predicted octanol–water partition coefficient (Wildman–Crippen LogP) is 3.97. The average molecular weight is 393 g/mol. The van der Waals surface area contributed by atoms with E-state index < -0.39 is 12.7 Å². The number of phenolic OH excluding ortho intramolecular Hbond substituents is 2. The van der Waals surface area contributed by atoms with Crippen molar-refractivity contribution in [2.45, 2.75) is 6.18 Å². The third-order valence-corrected chi connectivity index (χ3v) is 4.31. The minimum Gasteiger partial charge on any atom is -0.508 e. The number of thiazole rings is 1. The van der Waals surface area contributed by atoms with Crippen LogP contribution in [0.2, 0.25) is 0 Å². The molecule has 0 saturated heterocycles. The molecule has 5 nitrogen and oxygen atoms in total. The molecule has 27 heavy (non-hydrogen) atoms. The van der Waals surface area contributed by atoms with E-state index in [2.05, 4.69) is 10.1 Å². The SMILES string of the molecule is Oc1ccc(-c2csc(=NCC(F)(F)F)n2N=Cc2ccccc2)c(O)c1. The van der Waals surface area contributed by atoms with Crippen LogP contribution in [0.3, 0.4) is 0 Å². The first-order valence-electron chi connectivity index (χ1n) is 7.73. The first-order chi connectivity index (χ1) is 12.8. The number of nitrogens with zero attached hydrogens (tertiary/aromatic N) is 3. The second kappa shape index (κ2) is 7.67. The molecule has 2 aromatic carbocycles. The summed E-state index contributed by atoms with van der Waals surface area (Å²) in [5, 5.41) is 25.3. The fourth-order valence-corrected chi connectivity index (χ4v) is 3.09. The number of halogens is 3. The highest BCUT2D eigenvalue weighted by atomic mass is 32.1. The van der Waals surface area contributed by atoms with E-state index in [0.29, 0.717) is 11.3 Å². The highest BCUT2D eigenvalue weighted by Gasteiger charge is 2.26. The molecule has 0 bridgehead atoms. The molecule has 0 amide bonds. The van der Waals surface area contributed by atoms with Crippen molar-refractivity contribution >= 4 is 17.6 Å². The summed E-state index contributed by atoms with van der Waals surface area (Å²) >= 11 is 0.969. The molecule has 140 valence electrons. The van der Waals surface area contributed by atoms with Gasteiger partial charge in [-0.25, -0.2) is 9.67 Å². The topological polar surface area (TPSA) is 70.1 Å². The molecule has 3 rings (SSSR count). The van der Waals surface area contributed by atoms with E-state index in [9.17, 15) is 23.4 Å². The zero-order valence-corrected chi connectivity index (χ0v) is 14.6. The Hall–Kier alpha value is -3.07. The van der Waals surface area contributed by atoms with Gasteiger partial charge < -0.3 is 10.2 Å². The molecule has 9 heteroatoms. The number of phenols is 2. The Bertz CT molecular complexity index is 1020. The summed E-state index contributed by atoms with van der Waals surface area (Å²) < 4.78 is 38.9. The van der Waals surface area contributed by atoms with Crippen LogP contribution < -0.4 is 4.80 Å². The standard InChI is InChI=1S/C18H14F3N3O2S/c19-18(20,21)11-22-17-24(23-9-12-4-2-1-3-5-12)15(10-27-17)14-7-6-13(25)8-16(14)26/h1-10,25-26H,11H2. The maximum Gasteiger partial charge on any atom is 0.408 e. The molecule has 0 saturated carbocycles. The maximum absolute atomic E-state index is 12.6. The van der Waals surface area contributed by atoms with Crippen molar-refractivity contribution < 1.29 is 23.4 Å². The van der Waals surface area contributed by atoms with Gasteiger partial charge in [-0.15, -0.1) is 11.3 Å². The Labute approximate surface area is 156 Å². The molecule has 0 unspecified atom stereocenters. The van der Waals surface area contributed by atoms with Crippen LogP contribution in [0.15, 0.2) is 64.0 Å². The summed E-state index contributed by atoms with van der Waals surface area (Å²) in [6, 6.07) is 13.0. The molecule has 0 atom stereocenters. The van der Waals surface area contributed by atoms with Gasteiger partial charge in [0.25, 0.3) is 0 Å². The van der Waals surface area contributed by atoms with Crippen LogP contribution in [0, 0.1) is 0 Å². The number of hydrogen-bond donors (Lipinski definition) is 2. The van der Waals surface area contributed by atoms with Gasteiger partial charge in [-0.05, 0) is 17.7 Å². The summed E-state index contributed by atoms with van der Waals surface area (Å²) in [7, 11) is 0. The number of alkyl halides is 3. The van der Waals surface area contributed by atoms with E-state index in [4.69, 9.17) is 0 Å². The van der Waals surface area contributed by atoms with Gasteiger partial charge in [0, 0.05) is 17.0 Å². The summed E-state index contributed by atoms with van der Waals surface area (Å²) in [5.41, 5.74) is 1.41. The second-order valence-electron chi connectivity index (χ2n) is 5.50. The molecule has 2 N–H and O–H groups in total. The Morgan fingerprint density at radius 2 is 1.81 bits per heavy atom. The third-order valence-electron chi connectivity index (χ3n) is 3.46. The van der Waals surface area contributed by atoms with E-state index >= 15 is 0 Å². The van der Waals surface area contributed by atoms with Crippen molar-refractivity contribution in [3.05, 3.63) is 64.3 Å². The Morgan fingerprint density at radius 3 is 2.48 bits per heavy atom. The van der Waals surface area contributed by atoms with Crippen molar-refractivity contribution in [3.8, 4) is 22.8 Å². The summed E-state index contributed by atoms with van der Waals surface area (Å²) in [6.45, 7) is -1.34. The first kappa shape index (κ1) is 18.7. The average Bonchev–Trinajstić information content (AvgIpc) is 3.01. The smallest absolute Gasteiger partial charge is 0.408 e. The van der Waals surface area contributed by atoms with Gasteiger partial charge >= 0.3 is 6.18 Å². The summed E-state index contributed by atoms with van der Waals surface area (Å²) in [4.78, 5) is 3.62. The highest BCUT2D eigenvalue weighted by Crippen LogP contribution is 2.32. The molecule has 1 aromatic heterocycles. The Balaban J connectivity index is 2.11. The molecular formula is C18H14F3N3O2S. The van der Waals surface area contributed by atoms with E-state index in [1.165, 1.54) is 23.0 Å². The minimum absolute atomic E-state index is 0.0296. The highest BCUT2D eigenvalue weighted by molar-refractivity contribution is 7.07. The van der Waals surface area contributed by atoms with Crippen LogP contribution >= 0.6 is 11.3 Å². The van der Waals surface area contributed by atoms with E-state index in [-0.39, 0.29) is 16.3 Å². The lowest BCUT2D eigenvalue weighted by atomic mass is 10.1. The fraction of sp³-hybridized carbons (Fsp3) is 0.111. The van der Waals surface area contributed by atoms with E-state index in [0.717, 1.165) is 23.0 Å². The third kappa shape index (κ3) is 4.76. The van der Waals surface area contributed by atoms with Crippen LogP contribution in [0.4, 0.5) is 13.2 Å². The lowest BCUT2D eigenvalue weighted by Gasteiger charge is -2.07. The van der Waals surface area contributed by atoms with Crippen molar-refractivity contribution in [1.29, 1.82) is 0 Å². The van der Waals surface area contributed by atoms with Crippen LogP contribution in [0.5, 0.6) is 11.5 Å². The van der Waals surface area contributed by atoms with Gasteiger partial charge in [0.1, 0.15) is 18.0 Å². The Morgan fingerprint density at radius 1 is 1.07 bits per heavy atom. The van der Waals surface area contributed by atoms with Gasteiger partial charge in [0.15, 0.2) is 0 Å². The number of aromatic hydroxyl groups is 2. The van der Waals surface area contributed by atoms with E-state index in [1.807, 2.05) is 6.07 Å². The molecule has 0 aliphatic heterocycles. The number of hydrogen-bond acceptors (Lipinski definition) is 5. The molecule has 0 fully saturated rings. The fourth-order valence-electron chi connectivity index (χ4n) is 2.26. The van der Waals surface area contributed by atoms with Crippen molar-refractivity contribution in [3.63, 3.8) is 0 Å². The predicted molar refractivity (Wildman–Crippen MR) is 97.0 cm³/mol.